The van der Waals surface area contributed by atoms with E-state index in [9.17, 15) is 0 Å². The first-order chi connectivity index (χ1) is 10.3. The smallest absolute Gasteiger partial charge is 0.0269 e. The summed E-state index contributed by atoms with van der Waals surface area (Å²) < 4.78 is 0. The van der Waals surface area contributed by atoms with E-state index in [-0.39, 0.29) is 0 Å². The van der Waals surface area contributed by atoms with Crippen LogP contribution in [0, 0.1) is 35.0 Å². The molecule has 0 bridgehead atoms. The van der Waals surface area contributed by atoms with Crippen molar-refractivity contribution in [3.8, 4) is 0 Å². The summed E-state index contributed by atoms with van der Waals surface area (Å²) >= 11 is 0. The van der Waals surface area contributed by atoms with Gasteiger partial charge in [0.25, 0.3) is 0 Å². The minimum Gasteiger partial charge on any atom is -0.0648 e. The van der Waals surface area contributed by atoms with Gasteiger partial charge in [-0.3, -0.25) is 0 Å². The molecule has 4 aliphatic carbocycles. The standard InChI is InChI=1S/C21H36/c1-2-21(13-6-3-7-14-21)20-12-8-11-18-17-10-5-4-9-16(17)15-19(18)20/h16-20H,2-15H2,1H3. The van der Waals surface area contributed by atoms with E-state index in [1.807, 2.05) is 0 Å². The van der Waals surface area contributed by atoms with Crippen molar-refractivity contribution in [3.63, 3.8) is 0 Å². The highest BCUT2D eigenvalue weighted by Crippen LogP contribution is 2.62. The van der Waals surface area contributed by atoms with Crippen LogP contribution in [0.1, 0.15) is 96.8 Å². The summed E-state index contributed by atoms with van der Waals surface area (Å²) in [5, 5.41) is 0. The van der Waals surface area contributed by atoms with Crippen molar-refractivity contribution < 1.29 is 0 Å². The Balaban J connectivity index is 1.57. The Morgan fingerprint density at radius 2 is 1.48 bits per heavy atom. The largest absolute Gasteiger partial charge is 0.0648 e. The molecule has 0 N–H and O–H groups in total. The van der Waals surface area contributed by atoms with Crippen LogP contribution in [-0.4, -0.2) is 0 Å². The topological polar surface area (TPSA) is 0 Å². The third-order valence-electron chi connectivity index (χ3n) is 8.55. The van der Waals surface area contributed by atoms with E-state index in [0.29, 0.717) is 0 Å². The summed E-state index contributed by atoms with van der Waals surface area (Å²) in [5.74, 6) is 5.72. The molecule has 4 aliphatic rings. The molecule has 5 atom stereocenters. The molecule has 21 heavy (non-hydrogen) atoms. The molecule has 5 unspecified atom stereocenters. The van der Waals surface area contributed by atoms with Gasteiger partial charge in [0.05, 0.1) is 0 Å². The number of rotatable bonds is 2. The molecular formula is C21H36. The first-order valence-corrected chi connectivity index (χ1v) is 10.3. The zero-order valence-corrected chi connectivity index (χ0v) is 14.3. The van der Waals surface area contributed by atoms with Gasteiger partial charge in [0.1, 0.15) is 0 Å². The maximum absolute atomic E-state index is 2.52. The van der Waals surface area contributed by atoms with Crippen LogP contribution in [0.15, 0.2) is 0 Å². The normalized spacial score (nSPS) is 45.9. The number of hydrogen-bond acceptors (Lipinski definition) is 0. The van der Waals surface area contributed by atoms with Crippen molar-refractivity contribution >= 4 is 0 Å². The predicted octanol–water partition coefficient (Wildman–Crippen LogP) is 6.59. The minimum absolute atomic E-state index is 0.773. The highest BCUT2D eigenvalue weighted by Gasteiger charge is 2.52. The molecule has 4 rings (SSSR count). The van der Waals surface area contributed by atoms with E-state index in [0.717, 1.165) is 35.0 Å². The van der Waals surface area contributed by atoms with E-state index in [4.69, 9.17) is 0 Å². The molecule has 4 fully saturated rings. The quantitative estimate of drug-likeness (QED) is 0.537. The fraction of sp³-hybridized carbons (Fsp3) is 1.00. The molecule has 0 radical (unpaired) electrons. The molecule has 0 aromatic carbocycles. The van der Waals surface area contributed by atoms with Crippen LogP contribution in [0.2, 0.25) is 0 Å². The van der Waals surface area contributed by atoms with E-state index >= 15 is 0 Å². The molecule has 0 aromatic heterocycles. The van der Waals surface area contributed by atoms with E-state index in [1.54, 1.807) is 64.2 Å². The third-order valence-corrected chi connectivity index (χ3v) is 8.55. The van der Waals surface area contributed by atoms with Crippen molar-refractivity contribution in [1.82, 2.24) is 0 Å². The van der Waals surface area contributed by atoms with Gasteiger partial charge in [-0.05, 0) is 73.5 Å². The van der Waals surface area contributed by atoms with Gasteiger partial charge >= 0.3 is 0 Å². The van der Waals surface area contributed by atoms with Crippen LogP contribution in [0.3, 0.4) is 0 Å². The van der Waals surface area contributed by atoms with Crippen LogP contribution in [0.25, 0.3) is 0 Å². The summed E-state index contributed by atoms with van der Waals surface area (Å²) in [6.07, 6.45) is 21.9. The first kappa shape index (κ1) is 14.6. The lowest BCUT2D eigenvalue weighted by Gasteiger charge is -2.50. The Morgan fingerprint density at radius 1 is 0.714 bits per heavy atom. The second-order valence-electron chi connectivity index (χ2n) is 9.09. The molecule has 0 heteroatoms. The Hall–Kier alpha value is 0. The Labute approximate surface area is 132 Å². The summed E-state index contributed by atoms with van der Waals surface area (Å²) in [4.78, 5) is 0. The lowest BCUT2D eigenvalue weighted by molar-refractivity contribution is -0.00128. The van der Waals surface area contributed by atoms with E-state index in [2.05, 4.69) is 6.92 Å². The van der Waals surface area contributed by atoms with Gasteiger partial charge in [0.15, 0.2) is 0 Å². The predicted molar refractivity (Wildman–Crippen MR) is 90.2 cm³/mol. The highest BCUT2D eigenvalue weighted by atomic mass is 14.6. The van der Waals surface area contributed by atoms with Gasteiger partial charge in [-0.2, -0.15) is 0 Å². The molecule has 4 saturated carbocycles. The van der Waals surface area contributed by atoms with Crippen LogP contribution < -0.4 is 0 Å². The summed E-state index contributed by atoms with van der Waals surface area (Å²) in [6.45, 7) is 2.52. The van der Waals surface area contributed by atoms with Crippen molar-refractivity contribution in [2.75, 3.05) is 0 Å². The Morgan fingerprint density at radius 3 is 2.29 bits per heavy atom. The van der Waals surface area contributed by atoms with Gasteiger partial charge in [0.2, 0.25) is 0 Å². The Kier molecular flexibility index (Phi) is 4.09. The van der Waals surface area contributed by atoms with E-state index < -0.39 is 0 Å². The number of hydrogen-bond donors (Lipinski definition) is 0. The van der Waals surface area contributed by atoms with Gasteiger partial charge in [-0.25, -0.2) is 0 Å². The van der Waals surface area contributed by atoms with Gasteiger partial charge < -0.3 is 0 Å². The maximum atomic E-state index is 2.52. The monoisotopic (exact) mass is 288 g/mol. The highest BCUT2D eigenvalue weighted by molar-refractivity contribution is 5.02. The van der Waals surface area contributed by atoms with Gasteiger partial charge in [0, 0.05) is 0 Å². The fourth-order valence-electron chi connectivity index (χ4n) is 7.62. The van der Waals surface area contributed by atoms with Crippen molar-refractivity contribution in [2.45, 2.75) is 96.8 Å². The van der Waals surface area contributed by atoms with E-state index in [1.165, 1.54) is 25.7 Å². The van der Waals surface area contributed by atoms with Crippen LogP contribution in [-0.2, 0) is 0 Å². The minimum atomic E-state index is 0.773. The van der Waals surface area contributed by atoms with Crippen molar-refractivity contribution in [1.29, 1.82) is 0 Å². The zero-order chi connectivity index (χ0) is 14.3. The molecule has 0 aromatic rings. The van der Waals surface area contributed by atoms with Crippen LogP contribution >= 0.6 is 0 Å². The van der Waals surface area contributed by atoms with Crippen molar-refractivity contribution in [3.05, 3.63) is 0 Å². The summed E-state index contributed by atoms with van der Waals surface area (Å²) in [7, 11) is 0. The fourth-order valence-corrected chi connectivity index (χ4v) is 7.62. The zero-order valence-electron chi connectivity index (χ0n) is 14.3. The summed E-state index contributed by atoms with van der Waals surface area (Å²) in [6, 6.07) is 0. The number of fused-ring (bicyclic) bond motifs is 3. The molecule has 120 valence electrons. The lowest BCUT2D eigenvalue weighted by atomic mass is 9.55. The molecule has 0 aliphatic heterocycles. The average Bonchev–Trinajstić information content (AvgIpc) is 2.94. The Bertz CT molecular complexity index is 351. The molecule has 0 heterocycles. The summed E-state index contributed by atoms with van der Waals surface area (Å²) in [5.41, 5.74) is 0.773. The molecule has 0 spiro atoms. The third kappa shape index (κ3) is 2.40. The molecule has 0 amide bonds. The SMILES string of the molecule is CCC1(C2CCCC3C4CCCCC4CC32)CCCCC1. The molecule has 0 nitrogen and oxygen atoms in total. The first-order valence-electron chi connectivity index (χ1n) is 10.3. The molecule has 0 saturated heterocycles. The average molecular weight is 289 g/mol. The van der Waals surface area contributed by atoms with Crippen LogP contribution in [0.4, 0.5) is 0 Å². The van der Waals surface area contributed by atoms with Crippen LogP contribution in [0.5, 0.6) is 0 Å². The van der Waals surface area contributed by atoms with Gasteiger partial charge in [-0.1, -0.05) is 58.3 Å². The molecular weight excluding hydrogens is 252 g/mol. The lowest BCUT2D eigenvalue weighted by Crippen LogP contribution is -2.41. The maximum Gasteiger partial charge on any atom is -0.0269 e. The van der Waals surface area contributed by atoms with Gasteiger partial charge in [-0.15, -0.1) is 0 Å². The van der Waals surface area contributed by atoms with Crippen molar-refractivity contribution in [2.24, 2.45) is 35.0 Å². The second kappa shape index (κ2) is 5.89. The second-order valence-corrected chi connectivity index (χ2v) is 9.09.